The molecule has 0 aromatic carbocycles. The second kappa shape index (κ2) is 4.14. The van der Waals surface area contributed by atoms with E-state index in [-0.39, 0.29) is 6.08 Å². The zero-order chi connectivity index (χ0) is 10.7. The molecule has 2 rings (SSSR count). The number of aromatic nitrogens is 3. The van der Waals surface area contributed by atoms with Gasteiger partial charge in [-0.15, -0.1) is 0 Å². The zero-order valence-electron chi connectivity index (χ0n) is 8.60. The summed E-state index contributed by atoms with van der Waals surface area (Å²) in [5, 5.41) is 6.94. The van der Waals surface area contributed by atoms with Crippen LogP contribution in [0.15, 0.2) is 23.1 Å². The molecule has 2 aromatic heterocycles. The molecule has 2 heterocycles. The van der Waals surface area contributed by atoms with Crippen molar-refractivity contribution in [1.29, 1.82) is 0 Å². The number of aryl methyl sites for hydroxylation is 1. The Kier molecular flexibility index (Phi) is 2.68. The van der Waals surface area contributed by atoms with Gasteiger partial charge in [0.05, 0.1) is 18.1 Å². The van der Waals surface area contributed by atoms with E-state index < -0.39 is 0 Å². The van der Waals surface area contributed by atoms with Crippen LogP contribution in [-0.4, -0.2) is 21.8 Å². The van der Waals surface area contributed by atoms with E-state index in [0.717, 1.165) is 5.69 Å². The molecule has 80 valence electrons. The van der Waals surface area contributed by atoms with E-state index in [1.54, 1.807) is 23.3 Å². The summed E-state index contributed by atoms with van der Waals surface area (Å²) in [5.41, 5.74) is 0.802. The van der Waals surface area contributed by atoms with Gasteiger partial charge in [-0.2, -0.15) is 10.1 Å². The molecule has 0 radical (unpaired) electrons. The van der Waals surface area contributed by atoms with Crippen molar-refractivity contribution in [2.45, 2.75) is 6.54 Å². The van der Waals surface area contributed by atoms with Crippen molar-refractivity contribution < 1.29 is 9.15 Å². The highest BCUT2D eigenvalue weighted by atomic mass is 16.6. The maximum Gasteiger partial charge on any atom is 0.399 e. The van der Waals surface area contributed by atoms with Crippen LogP contribution in [0, 0.1) is 0 Å². The van der Waals surface area contributed by atoms with Gasteiger partial charge in [0.1, 0.15) is 6.26 Å². The first kappa shape index (κ1) is 9.72. The van der Waals surface area contributed by atoms with E-state index >= 15 is 0 Å². The molecule has 6 nitrogen and oxygen atoms in total. The Balaban J connectivity index is 2.04. The highest BCUT2D eigenvalue weighted by Gasteiger charge is 2.06. The van der Waals surface area contributed by atoms with E-state index in [0.29, 0.717) is 12.3 Å². The topological polar surface area (TPSA) is 65.1 Å². The lowest BCUT2D eigenvalue weighted by Gasteiger charge is -1.93. The van der Waals surface area contributed by atoms with Crippen LogP contribution < -0.4 is 10.1 Å². The van der Waals surface area contributed by atoms with E-state index in [1.807, 2.05) is 14.1 Å². The molecule has 0 bridgehead atoms. The lowest BCUT2D eigenvalue weighted by atomic mass is 10.5. The number of hydrogen-bond donors (Lipinski definition) is 1. The van der Waals surface area contributed by atoms with Gasteiger partial charge in [0.25, 0.3) is 0 Å². The van der Waals surface area contributed by atoms with Crippen molar-refractivity contribution in [2.75, 3.05) is 7.05 Å². The summed E-state index contributed by atoms with van der Waals surface area (Å²) in [7, 11) is 3.66. The quantitative estimate of drug-likeness (QED) is 0.809. The summed E-state index contributed by atoms with van der Waals surface area (Å²) in [6.45, 7) is 0.653. The smallest absolute Gasteiger partial charge is 0.399 e. The maximum absolute atomic E-state index is 5.34. The summed E-state index contributed by atoms with van der Waals surface area (Å²) in [4.78, 5) is 4.12. The first-order valence-corrected chi connectivity index (χ1v) is 4.53. The fourth-order valence-electron chi connectivity index (χ4n) is 1.15. The summed E-state index contributed by atoms with van der Waals surface area (Å²) < 4.78 is 12.1. The second-order valence-corrected chi connectivity index (χ2v) is 3.09. The van der Waals surface area contributed by atoms with E-state index in [1.165, 1.54) is 0 Å². The summed E-state index contributed by atoms with van der Waals surface area (Å²) >= 11 is 0. The minimum Gasteiger partial charge on any atom is -0.417 e. The molecule has 0 amide bonds. The fraction of sp³-hybridized carbons (Fsp3) is 0.333. The standard InChI is InChI=1S/C9H12N4O2/c1-10-3-7-6-14-9(12-7)15-8-4-11-13(2)5-8/h4-6,10H,3H2,1-2H3. The summed E-state index contributed by atoms with van der Waals surface area (Å²) in [6.07, 6.45) is 5.12. The van der Waals surface area contributed by atoms with Gasteiger partial charge in [-0.1, -0.05) is 0 Å². The normalized spacial score (nSPS) is 10.5. The van der Waals surface area contributed by atoms with Crippen molar-refractivity contribution in [3.63, 3.8) is 0 Å². The molecule has 0 spiro atoms. The van der Waals surface area contributed by atoms with Gasteiger partial charge in [0, 0.05) is 13.6 Å². The largest absolute Gasteiger partial charge is 0.417 e. The van der Waals surface area contributed by atoms with Crippen LogP contribution in [0.3, 0.4) is 0 Å². The second-order valence-electron chi connectivity index (χ2n) is 3.09. The highest BCUT2D eigenvalue weighted by Crippen LogP contribution is 2.19. The lowest BCUT2D eigenvalue weighted by molar-refractivity contribution is 0.330. The van der Waals surface area contributed by atoms with Crippen molar-refractivity contribution in [3.05, 3.63) is 24.4 Å². The number of oxazole rings is 1. The van der Waals surface area contributed by atoms with Crippen molar-refractivity contribution in [3.8, 4) is 11.8 Å². The van der Waals surface area contributed by atoms with Gasteiger partial charge in [-0.3, -0.25) is 4.68 Å². The van der Waals surface area contributed by atoms with Crippen molar-refractivity contribution in [1.82, 2.24) is 20.1 Å². The van der Waals surface area contributed by atoms with Gasteiger partial charge >= 0.3 is 6.08 Å². The molecule has 6 heteroatoms. The van der Waals surface area contributed by atoms with Crippen molar-refractivity contribution >= 4 is 0 Å². The van der Waals surface area contributed by atoms with E-state index in [2.05, 4.69) is 15.4 Å². The zero-order valence-corrected chi connectivity index (χ0v) is 8.60. The summed E-state index contributed by atoms with van der Waals surface area (Å²) in [5.74, 6) is 0.607. The van der Waals surface area contributed by atoms with Gasteiger partial charge in [-0.05, 0) is 7.05 Å². The molecule has 0 aliphatic rings. The monoisotopic (exact) mass is 208 g/mol. The minimum absolute atomic E-state index is 0.230. The molecule has 0 saturated carbocycles. The molecular formula is C9H12N4O2. The summed E-state index contributed by atoms with van der Waals surface area (Å²) in [6, 6.07) is 0. The number of hydrogen-bond acceptors (Lipinski definition) is 5. The third kappa shape index (κ3) is 2.35. The van der Waals surface area contributed by atoms with Gasteiger partial charge in [-0.25, -0.2) is 0 Å². The molecule has 0 unspecified atom stereocenters. The van der Waals surface area contributed by atoms with Crippen LogP contribution in [0.2, 0.25) is 0 Å². The SMILES string of the molecule is CNCc1coc(Oc2cnn(C)c2)n1. The van der Waals surface area contributed by atoms with Crippen LogP contribution in [0.25, 0.3) is 0 Å². The number of rotatable bonds is 4. The minimum atomic E-state index is 0.230. The van der Waals surface area contributed by atoms with Gasteiger partial charge < -0.3 is 14.5 Å². The van der Waals surface area contributed by atoms with Crippen LogP contribution in [0.5, 0.6) is 11.8 Å². The average molecular weight is 208 g/mol. The first-order valence-electron chi connectivity index (χ1n) is 4.53. The van der Waals surface area contributed by atoms with Gasteiger partial charge in [0.2, 0.25) is 0 Å². The Hall–Kier alpha value is -1.82. The number of nitrogens with one attached hydrogen (secondary N) is 1. The molecule has 0 saturated heterocycles. The lowest BCUT2D eigenvalue weighted by Crippen LogP contribution is -2.04. The van der Waals surface area contributed by atoms with Crippen LogP contribution in [0.4, 0.5) is 0 Å². The number of ether oxygens (including phenoxy) is 1. The Bertz CT molecular complexity index is 435. The molecule has 2 aromatic rings. The van der Waals surface area contributed by atoms with Gasteiger partial charge in [0.15, 0.2) is 5.75 Å². The predicted molar refractivity (Wildman–Crippen MR) is 52.5 cm³/mol. The molecule has 0 aliphatic heterocycles. The Labute approximate surface area is 86.9 Å². The van der Waals surface area contributed by atoms with Crippen LogP contribution in [-0.2, 0) is 13.6 Å². The highest BCUT2D eigenvalue weighted by molar-refractivity contribution is 5.16. The first-order chi connectivity index (χ1) is 7.28. The van der Waals surface area contributed by atoms with Crippen LogP contribution >= 0.6 is 0 Å². The van der Waals surface area contributed by atoms with Crippen molar-refractivity contribution in [2.24, 2.45) is 7.05 Å². The molecule has 0 aliphatic carbocycles. The Morgan fingerprint density at radius 1 is 1.60 bits per heavy atom. The van der Waals surface area contributed by atoms with E-state index in [9.17, 15) is 0 Å². The third-order valence-corrected chi connectivity index (χ3v) is 1.77. The molecule has 15 heavy (non-hydrogen) atoms. The molecular weight excluding hydrogens is 196 g/mol. The molecule has 1 N–H and O–H groups in total. The third-order valence-electron chi connectivity index (χ3n) is 1.77. The maximum atomic E-state index is 5.34. The van der Waals surface area contributed by atoms with E-state index in [4.69, 9.17) is 9.15 Å². The Morgan fingerprint density at radius 3 is 3.13 bits per heavy atom. The number of nitrogens with zero attached hydrogens (tertiary/aromatic N) is 3. The molecule has 0 fully saturated rings. The fourth-order valence-corrected chi connectivity index (χ4v) is 1.15. The molecule has 0 atom stereocenters. The average Bonchev–Trinajstić information content (AvgIpc) is 2.78. The van der Waals surface area contributed by atoms with Crippen LogP contribution in [0.1, 0.15) is 5.69 Å². The predicted octanol–water partition coefficient (Wildman–Crippen LogP) is 0.920. The Morgan fingerprint density at radius 2 is 2.47 bits per heavy atom.